The van der Waals surface area contributed by atoms with E-state index >= 15 is 0 Å². The zero-order valence-electron chi connectivity index (χ0n) is 14.4. The van der Waals surface area contributed by atoms with Crippen molar-refractivity contribution in [3.8, 4) is 11.5 Å². The molecule has 0 aliphatic heterocycles. The Morgan fingerprint density at radius 1 is 1.16 bits per heavy atom. The van der Waals surface area contributed by atoms with Gasteiger partial charge in [0.1, 0.15) is 43.9 Å². The van der Waals surface area contributed by atoms with Gasteiger partial charge in [-0.05, 0) is 42.8 Å². The van der Waals surface area contributed by atoms with E-state index in [9.17, 15) is 9.90 Å². The number of quaternary nitrogens is 1. The van der Waals surface area contributed by atoms with Crippen LogP contribution in [0.15, 0.2) is 48.5 Å². The van der Waals surface area contributed by atoms with E-state index in [1.54, 1.807) is 24.3 Å². The minimum Gasteiger partial charge on any atom is -0.490 e. The molecule has 1 atom stereocenters. The molecule has 5 N–H and O–H groups in total. The van der Waals surface area contributed by atoms with Crippen LogP contribution in [-0.4, -0.2) is 43.4 Å². The molecule has 0 bridgehead atoms. The Morgan fingerprint density at radius 2 is 1.88 bits per heavy atom. The maximum atomic E-state index is 11.0. The Hall–Kier alpha value is -2.57. The lowest BCUT2D eigenvalue weighted by Gasteiger charge is -2.13. The molecule has 0 spiro atoms. The quantitative estimate of drug-likeness (QED) is 0.545. The van der Waals surface area contributed by atoms with Crippen molar-refractivity contribution in [3.05, 3.63) is 59.7 Å². The van der Waals surface area contributed by atoms with Crippen LogP contribution >= 0.6 is 0 Å². The lowest BCUT2D eigenvalue weighted by molar-refractivity contribution is -0.661. The van der Waals surface area contributed by atoms with Crippen LogP contribution in [0.2, 0.25) is 0 Å². The van der Waals surface area contributed by atoms with Crippen LogP contribution in [0, 0.1) is 6.92 Å². The molecule has 2 aromatic rings. The van der Waals surface area contributed by atoms with Gasteiger partial charge >= 0.3 is 0 Å². The Bertz CT molecular complexity index is 673. The number of nitrogens with two attached hydrogens (primary N) is 2. The van der Waals surface area contributed by atoms with Gasteiger partial charge in [0, 0.05) is 5.56 Å². The molecule has 0 heterocycles. The van der Waals surface area contributed by atoms with Gasteiger partial charge in [-0.15, -0.1) is 0 Å². The molecule has 0 aliphatic carbocycles. The van der Waals surface area contributed by atoms with E-state index in [-0.39, 0.29) is 6.61 Å². The van der Waals surface area contributed by atoms with E-state index in [1.165, 1.54) is 0 Å². The second kappa shape index (κ2) is 9.66. The molecule has 6 heteroatoms. The third kappa shape index (κ3) is 6.45. The summed E-state index contributed by atoms with van der Waals surface area (Å²) < 4.78 is 11.2. The van der Waals surface area contributed by atoms with Gasteiger partial charge < -0.3 is 25.6 Å². The van der Waals surface area contributed by atoms with Crippen LogP contribution in [0.25, 0.3) is 0 Å². The van der Waals surface area contributed by atoms with Crippen LogP contribution in [-0.2, 0) is 0 Å². The summed E-state index contributed by atoms with van der Waals surface area (Å²) in [5, 5.41) is 11.9. The van der Waals surface area contributed by atoms with Gasteiger partial charge in [0.2, 0.25) is 5.91 Å². The normalized spacial score (nSPS) is 11.8. The van der Waals surface area contributed by atoms with E-state index in [2.05, 4.69) is 0 Å². The van der Waals surface area contributed by atoms with Crippen molar-refractivity contribution < 1.29 is 24.7 Å². The number of aliphatic hydroxyl groups is 1. The zero-order valence-corrected chi connectivity index (χ0v) is 14.4. The molecule has 0 aromatic heterocycles. The van der Waals surface area contributed by atoms with Crippen LogP contribution in [0.3, 0.4) is 0 Å². The predicted molar refractivity (Wildman–Crippen MR) is 94.8 cm³/mol. The summed E-state index contributed by atoms with van der Waals surface area (Å²) in [6, 6.07) is 14.4. The second-order valence-corrected chi connectivity index (χ2v) is 5.78. The molecule has 0 aliphatic rings. The number of amides is 1. The van der Waals surface area contributed by atoms with Gasteiger partial charge in [-0.25, -0.2) is 0 Å². The number of benzene rings is 2. The maximum absolute atomic E-state index is 11.0. The fourth-order valence-electron chi connectivity index (χ4n) is 2.26. The predicted octanol–water partition coefficient (Wildman–Crippen LogP) is 0.476. The molecule has 1 amide bonds. The van der Waals surface area contributed by atoms with E-state index in [1.807, 2.05) is 36.5 Å². The Morgan fingerprint density at radius 3 is 2.56 bits per heavy atom. The summed E-state index contributed by atoms with van der Waals surface area (Å²) in [5.74, 6) is 1.02. The SMILES string of the molecule is Cc1ccccc1OCC(O)C[NH2+]CCOc1ccc(C(N)=O)cc1. The van der Waals surface area contributed by atoms with Crippen molar-refractivity contribution in [1.29, 1.82) is 0 Å². The Kier molecular flexibility index (Phi) is 7.25. The lowest BCUT2D eigenvalue weighted by Crippen LogP contribution is -2.87. The van der Waals surface area contributed by atoms with Crippen molar-refractivity contribution in [2.75, 3.05) is 26.3 Å². The fourth-order valence-corrected chi connectivity index (χ4v) is 2.26. The highest BCUT2D eigenvalue weighted by Crippen LogP contribution is 2.16. The number of primary amides is 1. The van der Waals surface area contributed by atoms with Crippen molar-refractivity contribution in [2.45, 2.75) is 13.0 Å². The summed E-state index contributed by atoms with van der Waals surface area (Å²) in [4.78, 5) is 11.0. The number of carbonyl (C=O) groups excluding carboxylic acids is 1. The summed E-state index contributed by atoms with van der Waals surface area (Å²) in [5.41, 5.74) is 6.69. The smallest absolute Gasteiger partial charge is 0.248 e. The average Bonchev–Trinajstić information content (AvgIpc) is 2.61. The van der Waals surface area contributed by atoms with Crippen molar-refractivity contribution in [1.82, 2.24) is 0 Å². The van der Waals surface area contributed by atoms with Crippen LogP contribution in [0.4, 0.5) is 0 Å². The first kappa shape index (κ1) is 18.8. The fraction of sp³-hybridized carbons (Fsp3) is 0.316. The molecule has 0 saturated carbocycles. The molecule has 0 radical (unpaired) electrons. The number of carbonyl (C=O) groups is 1. The van der Waals surface area contributed by atoms with Gasteiger partial charge in [0.25, 0.3) is 0 Å². The number of rotatable bonds is 10. The molecule has 1 unspecified atom stereocenters. The molecular weight excluding hydrogens is 320 g/mol. The molecule has 0 fully saturated rings. The highest BCUT2D eigenvalue weighted by Gasteiger charge is 2.08. The first-order chi connectivity index (χ1) is 12.1. The number of hydrogen-bond donors (Lipinski definition) is 3. The van der Waals surface area contributed by atoms with Gasteiger partial charge in [-0.3, -0.25) is 4.79 Å². The second-order valence-electron chi connectivity index (χ2n) is 5.78. The van der Waals surface area contributed by atoms with Gasteiger partial charge in [0.05, 0.1) is 0 Å². The van der Waals surface area contributed by atoms with Crippen molar-refractivity contribution in [3.63, 3.8) is 0 Å². The largest absolute Gasteiger partial charge is 0.490 e. The van der Waals surface area contributed by atoms with Crippen molar-refractivity contribution >= 4 is 5.91 Å². The van der Waals surface area contributed by atoms with Crippen molar-refractivity contribution in [2.24, 2.45) is 5.73 Å². The average molecular weight is 345 g/mol. The molecule has 134 valence electrons. The van der Waals surface area contributed by atoms with E-state index < -0.39 is 12.0 Å². The van der Waals surface area contributed by atoms with Gasteiger partial charge in [0.15, 0.2) is 0 Å². The summed E-state index contributed by atoms with van der Waals surface area (Å²) in [7, 11) is 0. The number of aliphatic hydroxyl groups excluding tert-OH is 1. The summed E-state index contributed by atoms with van der Waals surface area (Å²) >= 11 is 0. The standard InChI is InChI=1S/C19H24N2O4/c1-14-4-2-3-5-18(14)25-13-16(22)12-21-10-11-24-17-8-6-15(7-9-17)19(20)23/h2-9,16,21-22H,10-13H2,1H3,(H2,20,23)/p+1. The Balaban J connectivity index is 1.59. The minimum absolute atomic E-state index is 0.261. The van der Waals surface area contributed by atoms with Gasteiger partial charge in [-0.2, -0.15) is 0 Å². The van der Waals surface area contributed by atoms with E-state index in [0.29, 0.717) is 31.0 Å². The zero-order chi connectivity index (χ0) is 18.1. The highest BCUT2D eigenvalue weighted by atomic mass is 16.5. The third-order valence-electron chi connectivity index (χ3n) is 3.69. The third-order valence-corrected chi connectivity index (χ3v) is 3.69. The molecule has 0 saturated heterocycles. The maximum Gasteiger partial charge on any atom is 0.248 e. The first-order valence-electron chi connectivity index (χ1n) is 8.27. The van der Waals surface area contributed by atoms with Crippen LogP contribution in [0.1, 0.15) is 15.9 Å². The molecule has 6 nitrogen and oxygen atoms in total. The number of para-hydroxylation sites is 1. The minimum atomic E-state index is -0.547. The molecule has 2 rings (SSSR count). The first-order valence-corrected chi connectivity index (χ1v) is 8.27. The number of aryl methyl sites for hydroxylation is 1. The number of hydrogen-bond acceptors (Lipinski definition) is 4. The topological polar surface area (TPSA) is 98.4 Å². The summed E-state index contributed by atoms with van der Waals surface area (Å²) in [6.45, 7) is 3.98. The number of ether oxygens (including phenoxy) is 2. The van der Waals surface area contributed by atoms with Crippen LogP contribution < -0.4 is 20.5 Å². The Labute approximate surface area is 147 Å². The monoisotopic (exact) mass is 345 g/mol. The summed E-state index contributed by atoms with van der Waals surface area (Å²) in [6.07, 6.45) is -0.547. The lowest BCUT2D eigenvalue weighted by atomic mass is 10.2. The highest BCUT2D eigenvalue weighted by molar-refractivity contribution is 5.92. The van der Waals surface area contributed by atoms with Gasteiger partial charge in [-0.1, -0.05) is 18.2 Å². The molecule has 2 aromatic carbocycles. The molecule has 25 heavy (non-hydrogen) atoms. The molecular formula is C19H25N2O4+. The van der Waals surface area contributed by atoms with E-state index in [4.69, 9.17) is 15.2 Å². The van der Waals surface area contributed by atoms with E-state index in [0.717, 1.165) is 11.3 Å². The van der Waals surface area contributed by atoms with Crippen LogP contribution in [0.5, 0.6) is 11.5 Å².